The van der Waals surface area contributed by atoms with Crippen LogP contribution in [-0.4, -0.2) is 13.4 Å². The second kappa shape index (κ2) is 6.05. The van der Waals surface area contributed by atoms with Gasteiger partial charge < -0.3 is 10.2 Å². The fraction of sp³-hybridized carbons (Fsp3) is 0.308. The molecule has 1 aromatic carbocycles. The summed E-state index contributed by atoms with van der Waals surface area (Å²) < 4.78 is 32.2. The van der Waals surface area contributed by atoms with Crippen molar-refractivity contribution in [3.8, 4) is 0 Å². The number of sulfonamides is 1. The van der Waals surface area contributed by atoms with Gasteiger partial charge in [-0.05, 0) is 24.6 Å². The summed E-state index contributed by atoms with van der Waals surface area (Å²) in [6.07, 6.45) is 2.27. The van der Waals surface area contributed by atoms with E-state index in [9.17, 15) is 8.42 Å². The number of nitrogens with one attached hydrogen (secondary N) is 1. The number of nitrogens with zero attached hydrogens (tertiary/aromatic N) is 1. The maximum Gasteiger partial charge on any atom is 0.241 e. The summed E-state index contributed by atoms with van der Waals surface area (Å²) in [5.74, 6) is 1.01. The molecule has 6 nitrogen and oxygen atoms in total. The van der Waals surface area contributed by atoms with Crippen molar-refractivity contribution >= 4 is 27.3 Å². The third-order valence-electron chi connectivity index (χ3n) is 3.03. The lowest BCUT2D eigenvalue weighted by Gasteiger charge is -2.09. The minimum Gasteiger partial charge on any atom is -0.444 e. The lowest BCUT2D eigenvalue weighted by molar-refractivity contribution is 0.452. The van der Waals surface area contributed by atoms with Gasteiger partial charge in [0.2, 0.25) is 15.9 Å². The summed E-state index contributed by atoms with van der Waals surface area (Å²) in [6.45, 7) is 3.61. The standard InChI is InChI=1S/C13H16ClN3O3S/c1-3-9-6-16-13(20-9)7-17-21(18,19)10-4-11(14)8(2)12(15)5-10/h4-6,17H,3,7,15H2,1-2H3. The second-order valence-corrected chi connectivity index (χ2v) is 6.69. The normalized spacial score (nSPS) is 11.8. The molecule has 0 amide bonds. The smallest absolute Gasteiger partial charge is 0.241 e. The molecule has 1 aromatic heterocycles. The maximum absolute atomic E-state index is 12.2. The Kier molecular flexibility index (Phi) is 4.55. The highest BCUT2D eigenvalue weighted by atomic mass is 35.5. The van der Waals surface area contributed by atoms with E-state index in [2.05, 4.69) is 9.71 Å². The molecule has 0 spiro atoms. The van der Waals surface area contributed by atoms with Crippen LogP contribution < -0.4 is 10.5 Å². The SMILES string of the molecule is CCc1cnc(CNS(=O)(=O)c2cc(N)c(C)c(Cl)c2)o1. The Morgan fingerprint density at radius 2 is 2.14 bits per heavy atom. The number of nitrogen functional groups attached to an aromatic ring is 1. The number of nitrogens with two attached hydrogens (primary N) is 1. The van der Waals surface area contributed by atoms with Gasteiger partial charge in [0.05, 0.1) is 17.6 Å². The van der Waals surface area contributed by atoms with Crippen molar-refractivity contribution in [3.05, 3.63) is 40.6 Å². The molecule has 0 aliphatic rings. The Morgan fingerprint density at radius 1 is 1.43 bits per heavy atom. The predicted molar refractivity (Wildman–Crippen MR) is 80.5 cm³/mol. The summed E-state index contributed by atoms with van der Waals surface area (Å²) in [7, 11) is -3.73. The zero-order chi connectivity index (χ0) is 15.6. The Labute approximate surface area is 128 Å². The average molecular weight is 330 g/mol. The number of benzene rings is 1. The molecule has 21 heavy (non-hydrogen) atoms. The third kappa shape index (κ3) is 3.55. The lowest BCUT2D eigenvalue weighted by Crippen LogP contribution is -2.23. The molecule has 0 saturated heterocycles. The first-order valence-electron chi connectivity index (χ1n) is 6.32. The highest BCUT2D eigenvalue weighted by Gasteiger charge is 2.17. The van der Waals surface area contributed by atoms with E-state index in [1.807, 2.05) is 6.92 Å². The second-order valence-electron chi connectivity index (χ2n) is 4.52. The van der Waals surface area contributed by atoms with Crippen molar-refractivity contribution in [2.75, 3.05) is 5.73 Å². The number of aromatic nitrogens is 1. The van der Waals surface area contributed by atoms with E-state index in [4.69, 9.17) is 21.8 Å². The first-order valence-corrected chi connectivity index (χ1v) is 8.18. The quantitative estimate of drug-likeness (QED) is 0.820. The van der Waals surface area contributed by atoms with E-state index in [-0.39, 0.29) is 11.4 Å². The van der Waals surface area contributed by atoms with Gasteiger partial charge in [-0.15, -0.1) is 0 Å². The van der Waals surface area contributed by atoms with E-state index < -0.39 is 10.0 Å². The van der Waals surface area contributed by atoms with Crippen LogP contribution in [0.2, 0.25) is 5.02 Å². The Morgan fingerprint density at radius 3 is 2.71 bits per heavy atom. The minimum atomic E-state index is -3.73. The molecular weight excluding hydrogens is 314 g/mol. The topological polar surface area (TPSA) is 98.2 Å². The number of hydrogen-bond acceptors (Lipinski definition) is 5. The molecule has 0 aliphatic heterocycles. The van der Waals surface area contributed by atoms with Gasteiger partial charge in [-0.25, -0.2) is 18.1 Å². The Hall–Kier alpha value is -1.57. The largest absolute Gasteiger partial charge is 0.444 e. The molecule has 3 N–H and O–H groups in total. The van der Waals surface area contributed by atoms with E-state index >= 15 is 0 Å². The summed E-state index contributed by atoms with van der Waals surface area (Å²) in [6, 6.07) is 2.74. The zero-order valence-corrected chi connectivity index (χ0v) is 13.3. The van der Waals surface area contributed by atoms with Crippen molar-refractivity contribution < 1.29 is 12.8 Å². The lowest BCUT2D eigenvalue weighted by atomic mass is 10.2. The van der Waals surface area contributed by atoms with E-state index in [0.717, 1.165) is 0 Å². The molecule has 0 fully saturated rings. The van der Waals surface area contributed by atoms with Gasteiger partial charge in [0.25, 0.3) is 0 Å². The molecule has 0 unspecified atom stereocenters. The molecule has 0 aliphatic carbocycles. The van der Waals surface area contributed by atoms with Crippen LogP contribution in [0.1, 0.15) is 24.1 Å². The number of oxazole rings is 1. The van der Waals surface area contributed by atoms with Gasteiger partial charge in [0.1, 0.15) is 5.76 Å². The number of rotatable bonds is 5. The van der Waals surface area contributed by atoms with E-state index in [1.54, 1.807) is 13.1 Å². The molecule has 2 rings (SSSR count). The van der Waals surface area contributed by atoms with Crippen LogP contribution in [-0.2, 0) is 23.0 Å². The van der Waals surface area contributed by atoms with Gasteiger partial charge in [0, 0.05) is 17.1 Å². The number of halogens is 1. The molecule has 8 heteroatoms. The highest BCUT2D eigenvalue weighted by molar-refractivity contribution is 7.89. The van der Waals surface area contributed by atoms with Crippen molar-refractivity contribution in [1.29, 1.82) is 0 Å². The molecule has 114 valence electrons. The van der Waals surface area contributed by atoms with Crippen LogP contribution in [0.3, 0.4) is 0 Å². The molecule has 1 heterocycles. The van der Waals surface area contributed by atoms with Crippen molar-refractivity contribution in [2.45, 2.75) is 31.7 Å². The Balaban J connectivity index is 2.18. The van der Waals surface area contributed by atoms with E-state index in [1.165, 1.54) is 12.1 Å². The highest BCUT2D eigenvalue weighted by Crippen LogP contribution is 2.25. The Bertz CT molecular complexity index is 733. The van der Waals surface area contributed by atoms with E-state index in [0.29, 0.717) is 34.3 Å². The van der Waals surface area contributed by atoms with Crippen molar-refractivity contribution in [2.24, 2.45) is 0 Å². The van der Waals surface area contributed by atoms with Crippen LogP contribution in [0.25, 0.3) is 0 Å². The molecule has 0 atom stereocenters. The zero-order valence-electron chi connectivity index (χ0n) is 11.7. The molecule has 0 saturated carbocycles. The van der Waals surface area contributed by atoms with Crippen LogP contribution in [0.15, 0.2) is 27.6 Å². The van der Waals surface area contributed by atoms with Crippen LogP contribution in [0.4, 0.5) is 5.69 Å². The number of aryl methyl sites for hydroxylation is 1. The summed E-state index contributed by atoms with van der Waals surface area (Å²) in [5, 5.41) is 0.305. The van der Waals surface area contributed by atoms with Crippen LogP contribution in [0, 0.1) is 6.92 Å². The maximum atomic E-state index is 12.2. The van der Waals surface area contributed by atoms with Crippen molar-refractivity contribution in [1.82, 2.24) is 9.71 Å². The number of anilines is 1. The third-order valence-corrected chi connectivity index (χ3v) is 4.80. The summed E-state index contributed by atoms with van der Waals surface area (Å²) in [4.78, 5) is 4.00. The van der Waals surface area contributed by atoms with Gasteiger partial charge in [-0.1, -0.05) is 18.5 Å². The predicted octanol–water partition coefficient (Wildman–Crippen LogP) is 2.26. The monoisotopic (exact) mass is 329 g/mol. The summed E-state index contributed by atoms with van der Waals surface area (Å²) >= 11 is 5.96. The van der Waals surface area contributed by atoms with Crippen LogP contribution >= 0.6 is 11.6 Å². The first kappa shape index (κ1) is 15.8. The molecule has 0 radical (unpaired) electrons. The van der Waals surface area contributed by atoms with Gasteiger partial charge in [-0.2, -0.15) is 0 Å². The fourth-order valence-electron chi connectivity index (χ4n) is 1.66. The van der Waals surface area contributed by atoms with Gasteiger partial charge >= 0.3 is 0 Å². The number of hydrogen-bond donors (Lipinski definition) is 2. The molecule has 0 bridgehead atoms. The average Bonchev–Trinajstić information content (AvgIpc) is 2.90. The van der Waals surface area contributed by atoms with Crippen LogP contribution in [0.5, 0.6) is 0 Å². The summed E-state index contributed by atoms with van der Waals surface area (Å²) in [5.41, 5.74) is 6.71. The molecule has 2 aromatic rings. The first-order chi connectivity index (χ1) is 9.83. The van der Waals surface area contributed by atoms with Gasteiger partial charge in [-0.3, -0.25) is 0 Å². The fourth-order valence-corrected chi connectivity index (χ4v) is 2.99. The van der Waals surface area contributed by atoms with Gasteiger partial charge in [0.15, 0.2) is 0 Å². The molecular formula is C13H16ClN3O3S. The van der Waals surface area contributed by atoms with Crippen molar-refractivity contribution in [3.63, 3.8) is 0 Å². The minimum absolute atomic E-state index is 0.0119.